The van der Waals surface area contributed by atoms with Crippen molar-refractivity contribution in [3.8, 4) is 0 Å². The van der Waals surface area contributed by atoms with Crippen LogP contribution < -0.4 is 15.5 Å². The van der Waals surface area contributed by atoms with E-state index in [2.05, 4.69) is 25.7 Å². The van der Waals surface area contributed by atoms with Gasteiger partial charge in [-0.05, 0) is 37.5 Å². The largest absolute Gasteiger partial charge is 0.367 e. The lowest BCUT2D eigenvalue weighted by Crippen LogP contribution is -2.51. The number of hydrogen-bond acceptors (Lipinski definition) is 4. The maximum atomic E-state index is 14.2. The van der Waals surface area contributed by atoms with E-state index in [-0.39, 0.29) is 11.9 Å². The molecule has 1 fully saturated rings. The standard InChI is InChI=1S/C18H24FN5O/c1-13-5-6-16(19)17(10-13)24-8-3-4-15(12-24)22-18(20-2)21-11-14-7-9-25-23-14/h5-7,9-10,15H,3-4,8,11-12H2,1-2H3,(H2,20,21,22). The molecule has 0 aliphatic carbocycles. The van der Waals surface area contributed by atoms with Crippen LogP contribution in [0.4, 0.5) is 10.1 Å². The number of nitrogens with one attached hydrogen (secondary N) is 2. The highest BCUT2D eigenvalue weighted by Crippen LogP contribution is 2.24. The normalized spacial score (nSPS) is 18.3. The Labute approximate surface area is 147 Å². The van der Waals surface area contributed by atoms with E-state index in [9.17, 15) is 4.39 Å². The summed E-state index contributed by atoms with van der Waals surface area (Å²) in [5.74, 6) is 0.541. The summed E-state index contributed by atoms with van der Waals surface area (Å²) in [6.45, 7) is 4.13. The first kappa shape index (κ1) is 17.3. The molecule has 0 spiro atoms. The number of halogens is 1. The minimum Gasteiger partial charge on any atom is -0.367 e. The smallest absolute Gasteiger partial charge is 0.191 e. The average molecular weight is 345 g/mol. The Morgan fingerprint density at radius 2 is 2.32 bits per heavy atom. The second kappa shape index (κ2) is 8.00. The average Bonchev–Trinajstić information content (AvgIpc) is 3.14. The van der Waals surface area contributed by atoms with Crippen molar-refractivity contribution < 1.29 is 8.91 Å². The number of piperidine rings is 1. The quantitative estimate of drug-likeness (QED) is 0.658. The van der Waals surface area contributed by atoms with Crippen molar-refractivity contribution in [2.24, 2.45) is 4.99 Å². The van der Waals surface area contributed by atoms with Gasteiger partial charge in [0.2, 0.25) is 0 Å². The molecule has 1 saturated heterocycles. The second-order valence-electron chi connectivity index (χ2n) is 6.30. The Morgan fingerprint density at radius 3 is 3.08 bits per heavy atom. The molecule has 1 unspecified atom stereocenters. The Hall–Kier alpha value is -2.57. The molecular weight excluding hydrogens is 321 g/mol. The van der Waals surface area contributed by atoms with Crippen molar-refractivity contribution >= 4 is 11.6 Å². The predicted molar refractivity (Wildman–Crippen MR) is 96.2 cm³/mol. The molecule has 2 N–H and O–H groups in total. The fourth-order valence-electron chi connectivity index (χ4n) is 3.07. The highest BCUT2D eigenvalue weighted by molar-refractivity contribution is 5.80. The number of rotatable bonds is 4. The highest BCUT2D eigenvalue weighted by atomic mass is 19.1. The monoisotopic (exact) mass is 345 g/mol. The van der Waals surface area contributed by atoms with Gasteiger partial charge in [0.05, 0.1) is 12.2 Å². The van der Waals surface area contributed by atoms with Gasteiger partial charge in [-0.1, -0.05) is 11.2 Å². The van der Waals surface area contributed by atoms with Crippen molar-refractivity contribution in [1.29, 1.82) is 0 Å². The number of nitrogens with zero attached hydrogens (tertiary/aromatic N) is 3. The van der Waals surface area contributed by atoms with Gasteiger partial charge in [-0.25, -0.2) is 4.39 Å². The zero-order chi connectivity index (χ0) is 17.6. The third-order valence-corrected chi connectivity index (χ3v) is 4.36. The van der Waals surface area contributed by atoms with Crippen LogP contribution in [0.1, 0.15) is 24.1 Å². The summed E-state index contributed by atoms with van der Waals surface area (Å²) in [7, 11) is 1.74. The Bertz CT molecular complexity index is 716. The molecule has 25 heavy (non-hydrogen) atoms. The zero-order valence-corrected chi connectivity index (χ0v) is 14.6. The lowest BCUT2D eigenvalue weighted by Gasteiger charge is -2.35. The van der Waals surface area contributed by atoms with E-state index in [1.807, 2.05) is 19.1 Å². The molecule has 0 radical (unpaired) electrons. The van der Waals surface area contributed by atoms with E-state index in [4.69, 9.17) is 4.52 Å². The molecule has 1 aliphatic rings. The van der Waals surface area contributed by atoms with Crippen LogP contribution in [0, 0.1) is 12.7 Å². The van der Waals surface area contributed by atoms with E-state index >= 15 is 0 Å². The molecule has 1 atom stereocenters. The molecule has 7 heteroatoms. The van der Waals surface area contributed by atoms with Crippen molar-refractivity contribution in [1.82, 2.24) is 15.8 Å². The van der Waals surface area contributed by atoms with Gasteiger partial charge in [-0.3, -0.25) is 4.99 Å². The van der Waals surface area contributed by atoms with Crippen molar-refractivity contribution in [2.75, 3.05) is 25.0 Å². The minimum atomic E-state index is -0.167. The second-order valence-corrected chi connectivity index (χ2v) is 6.30. The van der Waals surface area contributed by atoms with Crippen LogP contribution in [0.5, 0.6) is 0 Å². The molecule has 0 bridgehead atoms. The van der Waals surface area contributed by atoms with Gasteiger partial charge in [0.15, 0.2) is 5.96 Å². The summed E-state index contributed by atoms with van der Waals surface area (Å²) in [5.41, 5.74) is 2.56. The topological polar surface area (TPSA) is 65.7 Å². The van der Waals surface area contributed by atoms with Crippen molar-refractivity contribution in [3.63, 3.8) is 0 Å². The van der Waals surface area contributed by atoms with Crippen LogP contribution in [0.2, 0.25) is 0 Å². The summed E-state index contributed by atoms with van der Waals surface area (Å²) in [6, 6.07) is 7.27. The van der Waals surface area contributed by atoms with E-state index in [0.29, 0.717) is 18.2 Å². The van der Waals surface area contributed by atoms with Crippen LogP contribution in [-0.4, -0.2) is 37.3 Å². The molecule has 1 aromatic carbocycles. The molecule has 134 valence electrons. The van der Waals surface area contributed by atoms with E-state index in [1.165, 1.54) is 0 Å². The fourth-order valence-corrected chi connectivity index (χ4v) is 3.07. The molecule has 0 saturated carbocycles. The maximum absolute atomic E-state index is 14.2. The first-order chi connectivity index (χ1) is 12.2. The van der Waals surface area contributed by atoms with Gasteiger partial charge in [0, 0.05) is 32.2 Å². The maximum Gasteiger partial charge on any atom is 0.191 e. The zero-order valence-electron chi connectivity index (χ0n) is 14.6. The molecular formula is C18H24FN5O. The molecule has 2 heterocycles. The van der Waals surface area contributed by atoms with Crippen LogP contribution in [0.3, 0.4) is 0 Å². The van der Waals surface area contributed by atoms with Crippen LogP contribution in [0.15, 0.2) is 40.0 Å². The van der Waals surface area contributed by atoms with Crippen LogP contribution in [-0.2, 0) is 6.54 Å². The molecule has 0 amide bonds. The first-order valence-electron chi connectivity index (χ1n) is 8.53. The van der Waals surface area contributed by atoms with Crippen LogP contribution >= 0.6 is 0 Å². The number of guanidine groups is 1. The highest BCUT2D eigenvalue weighted by Gasteiger charge is 2.23. The predicted octanol–water partition coefficient (Wildman–Crippen LogP) is 2.46. The lowest BCUT2D eigenvalue weighted by atomic mass is 10.0. The Morgan fingerprint density at radius 1 is 1.44 bits per heavy atom. The molecule has 1 aromatic heterocycles. The number of aromatic nitrogens is 1. The number of aryl methyl sites for hydroxylation is 1. The van der Waals surface area contributed by atoms with Crippen molar-refractivity contribution in [3.05, 3.63) is 47.6 Å². The molecule has 6 nitrogen and oxygen atoms in total. The van der Waals surface area contributed by atoms with Crippen molar-refractivity contribution in [2.45, 2.75) is 32.4 Å². The number of aliphatic imine (C=N–C) groups is 1. The Balaban J connectivity index is 1.59. The summed E-state index contributed by atoms with van der Waals surface area (Å²) in [5, 5.41) is 10.5. The van der Waals surface area contributed by atoms with Gasteiger partial charge in [0.25, 0.3) is 0 Å². The van der Waals surface area contributed by atoms with E-state index in [1.54, 1.807) is 25.4 Å². The van der Waals surface area contributed by atoms with Gasteiger partial charge in [-0.15, -0.1) is 0 Å². The van der Waals surface area contributed by atoms with Gasteiger partial charge in [-0.2, -0.15) is 0 Å². The molecule has 1 aliphatic heterocycles. The van der Waals surface area contributed by atoms with Gasteiger partial charge in [0.1, 0.15) is 17.8 Å². The third-order valence-electron chi connectivity index (χ3n) is 4.36. The summed E-state index contributed by atoms with van der Waals surface area (Å²) in [4.78, 5) is 6.36. The third kappa shape index (κ3) is 4.49. The summed E-state index contributed by atoms with van der Waals surface area (Å²) in [6.07, 6.45) is 3.57. The SMILES string of the molecule is CN=C(NCc1ccon1)NC1CCCN(c2cc(C)ccc2F)C1. The Kier molecular flexibility index (Phi) is 5.53. The minimum absolute atomic E-state index is 0.167. The lowest BCUT2D eigenvalue weighted by molar-refractivity contribution is 0.410. The number of benzene rings is 1. The molecule has 3 rings (SSSR count). The summed E-state index contributed by atoms with van der Waals surface area (Å²) < 4.78 is 19.0. The number of anilines is 1. The van der Waals surface area contributed by atoms with Gasteiger partial charge >= 0.3 is 0 Å². The summed E-state index contributed by atoms with van der Waals surface area (Å²) >= 11 is 0. The van der Waals surface area contributed by atoms with E-state index in [0.717, 1.165) is 37.2 Å². The fraction of sp³-hybridized carbons (Fsp3) is 0.444. The van der Waals surface area contributed by atoms with Gasteiger partial charge < -0.3 is 20.1 Å². The van der Waals surface area contributed by atoms with E-state index < -0.39 is 0 Å². The van der Waals surface area contributed by atoms with Crippen LogP contribution in [0.25, 0.3) is 0 Å². The first-order valence-corrected chi connectivity index (χ1v) is 8.53. The molecule has 2 aromatic rings. The number of hydrogen-bond donors (Lipinski definition) is 2.